The van der Waals surface area contributed by atoms with Gasteiger partial charge in [-0.25, -0.2) is 0 Å². The van der Waals surface area contributed by atoms with Crippen LogP contribution in [0.25, 0.3) is 0 Å². The summed E-state index contributed by atoms with van der Waals surface area (Å²) in [6, 6.07) is 1.62. The average molecular weight is 267 g/mol. The summed E-state index contributed by atoms with van der Waals surface area (Å²) in [5, 5.41) is 0. The summed E-state index contributed by atoms with van der Waals surface area (Å²) < 4.78 is 5.13. The lowest BCUT2D eigenvalue weighted by Gasteiger charge is -2.26. The highest BCUT2D eigenvalue weighted by atomic mass is 32.1. The summed E-state index contributed by atoms with van der Waals surface area (Å²) in [6.45, 7) is 4.06. The fraction of sp³-hybridized carbons (Fsp3) is 0.417. The van der Waals surface area contributed by atoms with Gasteiger partial charge in [0.1, 0.15) is 5.75 Å². The van der Waals surface area contributed by atoms with Crippen molar-refractivity contribution < 1.29 is 9.53 Å². The van der Waals surface area contributed by atoms with E-state index < -0.39 is 0 Å². The predicted molar refractivity (Wildman–Crippen MR) is 73.7 cm³/mol. The van der Waals surface area contributed by atoms with Crippen LogP contribution in [0.4, 0.5) is 0 Å². The lowest BCUT2D eigenvalue weighted by molar-refractivity contribution is 0.0732. The molecule has 0 spiro atoms. The van der Waals surface area contributed by atoms with Gasteiger partial charge in [-0.1, -0.05) is 12.2 Å². The van der Waals surface area contributed by atoms with Crippen LogP contribution in [0.15, 0.2) is 18.5 Å². The summed E-state index contributed by atoms with van der Waals surface area (Å²) in [5.74, 6) is 0.271. The molecule has 98 valence electrons. The van der Waals surface area contributed by atoms with E-state index in [0.29, 0.717) is 11.3 Å². The number of thiocarbonyl (C=S) groups is 1. The second-order valence-electron chi connectivity index (χ2n) is 4.07. The molecule has 0 saturated carbocycles. The number of aromatic nitrogens is 1. The molecular formula is C12H17N3O2S. The first-order valence-corrected chi connectivity index (χ1v) is 5.95. The molecule has 0 aliphatic carbocycles. The van der Waals surface area contributed by atoms with Crippen molar-refractivity contribution in [1.82, 2.24) is 9.88 Å². The first-order valence-electron chi connectivity index (χ1n) is 5.54. The Bertz CT molecular complexity index is 449. The largest absolute Gasteiger partial charge is 0.494 e. The van der Waals surface area contributed by atoms with E-state index in [1.165, 1.54) is 13.3 Å². The minimum absolute atomic E-state index is 0.00290. The van der Waals surface area contributed by atoms with E-state index in [9.17, 15) is 4.79 Å². The molecule has 1 aromatic rings. The predicted octanol–water partition coefficient (Wildman–Crippen LogP) is 1.23. The van der Waals surface area contributed by atoms with Gasteiger partial charge in [0.05, 0.1) is 30.4 Å². The molecule has 18 heavy (non-hydrogen) atoms. The van der Waals surface area contributed by atoms with E-state index in [1.807, 2.05) is 13.8 Å². The maximum atomic E-state index is 12.4. The monoisotopic (exact) mass is 267 g/mol. The van der Waals surface area contributed by atoms with Gasteiger partial charge < -0.3 is 15.4 Å². The number of rotatable bonds is 5. The van der Waals surface area contributed by atoms with Crippen LogP contribution < -0.4 is 10.5 Å². The lowest BCUT2D eigenvalue weighted by atomic mass is 10.2. The van der Waals surface area contributed by atoms with Crippen molar-refractivity contribution in [3.63, 3.8) is 0 Å². The topological polar surface area (TPSA) is 68.5 Å². The molecule has 0 unspecified atom stereocenters. The van der Waals surface area contributed by atoms with Crippen LogP contribution in [0, 0.1) is 0 Å². The molecule has 0 bridgehead atoms. The van der Waals surface area contributed by atoms with E-state index in [4.69, 9.17) is 22.7 Å². The number of nitrogens with two attached hydrogens (primary N) is 1. The smallest absolute Gasteiger partial charge is 0.258 e. The molecule has 1 rings (SSSR count). The van der Waals surface area contributed by atoms with Gasteiger partial charge in [-0.15, -0.1) is 0 Å². The van der Waals surface area contributed by atoms with Crippen LogP contribution in [0.1, 0.15) is 24.2 Å². The molecule has 0 atom stereocenters. The highest BCUT2D eigenvalue weighted by Gasteiger charge is 2.22. The quantitative estimate of drug-likeness (QED) is 0.813. The normalized spacial score (nSPS) is 10.2. The van der Waals surface area contributed by atoms with Crippen molar-refractivity contribution in [1.29, 1.82) is 0 Å². The number of methoxy groups -OCH3 is 1. The summed E-state index contributed by atoms with van der Waals surface area (Å²) in [6.07, 6.45) is 3.06. The van der Waals surface area contributed by atoms with E-state index >= 15 is 0 Å². The fourth-order valence-corrected chi connectivity index (χ4v) is 1.67. The van der Waals surface area contributed by atoms with E-state index in [-0.39, 0.29) is 23.5 Å². The molecule has 0 saturated heterocycles. The van der Waals surface area contributed by atoms with Crippen LogP contribution in [0.5, 0.6) is 5.75 Å². The average Bonchev–Trinajstić information content (AvgIpc) is 2.34. The van der Waals surface area contributed by atoms with Crippen LogP contribution >= 0.6 is 12.2 Å². The zero-order valence-electron chi connectivity index (χ0n) is 10.7. The van der Waals surface area contributed by atoms with Gasteiger partial charge in [-0.3, -0.25) is 9.78 Å². The Morgan fingerprint density at radius 3 is 2.78 bits per heavy atom. The minimum Gasteiger partial charge on any atom is -0.494 e. The Balaban J connectivity index is 3.05. The Morgan fingerprint density at radius 2 is 2.28 bits per heavy atom. The minimum atomic E-state index is -0.169. The first-order chi connectivity index (χ1) is 8.47. The highest BCUT2D eigenvalue weighted by molar-refractivity contribution is 7.80. The molecule has 0 radical (unpaired) electrons. The second-order valence-corrected chi connectivity index (χ2v) is 4.59. The van der Waals surface area contributed by atoms with Crippen molar-refractivity contribution in [3.8, 4) is 5.75 Å². The van der Waals surface area contributed by atoms with Gasteiger partial charge in [-0.2, -0.15) is 0 Å². The first kappa shape index (κ1) is 14.4. The Kier molecular flexibility index (Phi) is 5.03. The number of amides is 1. The molecule has 0 aliphatic heterocycles. The van der Waals surface area contributed by atoms with Crippen LogP contribution in [0.2, 0.25) is 0 Å². The van der Waals surface area contributed by atoms with Gasteiger partial charge in [0.25, 0.3) is 5.91 Å². The van der Waals surface area contributed by atoms with Gasteiger partial charge in [0.15, 0.2) is 0 Å². The van der Waals surface area contributed by atoms with Crippen molar-refractivity contribution in [2.75, 3.05) is 13.7 Å². The molecule has 1 aromatic heterocycles. The van der Waals surface area contributed by atoms with Crippen molar-refractivity contribution in [3.05, 3.63) is 24.0 Å². The highest BCUT2D eigenvalue weighted by Crippen LogP contribution is 2.19. The van der Waals surface area contributed by atoms with Gasteiger partial charge in [0.2, 0.25) is 0 Å². The molecular weight excluding hydrogens is 250 g/mol. The Hall–Kier alpha value is -1.69. The zero-order chi connectivity index (χ0) is 13.7. The zero-order valence-corrected chi connectivity index (χ0v) is 11.5. The molecule has 6 heteroatoms. The third-order valence-electron chi connectivity index (χ3n) is 2.45. The Labute approximate surface area is 112 Å². The SMILES string of the molecule is COc1cnccc1C(=O)N(CC(N)=S)C(C)C. The van der Waals surface area contributed by atoms with Crippen LogP contribution in [-0.4, -0.2) is 40.5 Å². The number of pyridine rings is 1. The van der Waals surface area contributed by atoms with E-state index in [0.717, 1.165) is 0 Å². The summed E-state index contributed by atoms with van der Waals surface area (Å²) in [5.41, 5.74) is 5.97. The summed E-state index contributed by atoms with van der Waals surface area (Å²) >= 11 is 4.86. The molecule has 1 amide bonds. The third kappa shape index (κ3) is 3.40. The van der Waals surface area contributed by atoms with Crippen LogP contribution in [-0.2, 0) is 0 Å². The molecule has 5 nitrogen and oxygen atoms in total. The molecule has 1 heterocycles. The third-order valence-corrected chi connectivity index (χ3v) is 2.57. The van der Waals surface area contributed by atoms with Crippen molar-refractivity contribution in [2.24, 2.45) is 5.73 Å². The summed E-state index contributed by atoms with van der Waals surface area (Å²) in [4.78, 5) is 18.2. The standard InChI is InChI=1S/C12H17N3O2S/c1-8(2)15(7-11(13)18)12(16)9-4-5-14-6-10(9)17-3/h4-6,8H,7H2,1-3H3,(H2,13,18). The van der Waals surface area contributed by atoms with Gasteiger partial charge >= 0.3 is 0 Å². The van der Waals surface area contributed by atoms with Crippen molar-refractivity contribution in [2.45, 2.75) is 19.9 Å². The fourth-order valence-electron chi connectivity index (χ4n) is 1.53. The molecule has 0 fully saturated rings. The number of hydrogen-bond donors (Lipinski definition) is 1. The molecule has 0 aromatic carbocycles. The summed E-state index contributed by atoms with van der Waals surface area (Å²) in [7, 11) is 1.50. The lowest BCUT2D eigenvalue weighted by Crippen LogP contribution is -2.42. The van der Waals surface area contributed by atoms with E-state index in [1.54, 1.807) is 17.2 Å². The number of nitrogens with zero attached hydrogens (tertiary/aromatic N) is 2. The second kappa shape index (κ2) is 6.30. The Morgan fingerprint density at radius 1 is 1.61 bits per heavy atom. The van der Waals surface area contributed by atoms with Crippen LogP contribution in [0.3, 0.4) is 0 Å². The van der Waals surface area contributed by atoms with Gasteiger partial charge in [-0.05, 0) is 19.9 Å². The van der Waals surface area contributed by atoms with Crippen molar-refractivity contribution >= 4 is 23.1 Å². The number of carbonyl (C=O) groups excluding carboxylic acids is 1. The maximum Gasteiger partial charge on any atom is 0.258 e. The van der Waals surface area contributed by atoms with Gasteiger partial charge in [0, 0.05) is 12.2 Å². The molecule has 2 N–H and O–H groups in total. The number of ether oxygens (including phenoxy) is 1. The van der Waals surface area contributed by atoms with E-state index in [2.05, 4.69) is 4.98 Å². The number of carbonyl (C=O) groups is 1. The molecule has 0 aliphatic rings. The maximum absolute atomic E-state index is 12.4. The number of hydrogen-bond acceptors (Lipinski definition) is 4.